The maximum absolute atomic E-state index is 12.1. The van der Waals surface area contributed by atoms with Crippen LogP contribution in [0.5, 0.6) is 11.5 Å². The van der Waals surface area contributed by atoms with Gasteiger partial charge in [0.15, 0.2) is 0 Å². The van der Waals surface area contributed by atoms with Crippen LogP contribution in [0.2, 0.25) is 0 Å². The van der Waals surface area contributed by atoms with Crippen LogP contribution < -0.4 is 4.74 Å². The highest BCUT2D eigenvalue weighted by molar-refractivity contribution is 5.69. The number of nitrogens with zero attached hydrogens (tertiary/aromatic N) is 1. The summed E-state index contributed by atoms with van der Waals surface area (Å²) >= 11 is 0. The lowest BCUT2D eigenvalue weighted by molar-refractivity contribution is 0.0222. The predicted octanol–water partition coefficient (Wildman–Crippen LogP) is 2.69. The predicted molar refractivity (Wildman–Crippen MR) is 75.0 cm³/mol. The second-order valence-electron chi connectivity index (χ2n) is 5.94. The number of phenolic OH excluding ortho intramolecular Hbond substituents is 1. The minimum absolute atomic E-state index is 0.186. The highest BCUT2D eigenvalue weighted by atomic mass is 16.6. The number of carbonyl (C=O) groups excluding carboxylic acids is 1. The zero-order valence-corrected chi connectivity index (χ0v) is 12.4. The molecule has 20 heavy (non-hydrogen) atoms. The van der Waals surface area contributed by atoms with Crippen molar-refractivity contribution in [3.63, 3.8) is 0 Å². The molecule has 1 amide bonds. The molecular formula is C15H21NO4. The van der Waals surface area contributed by atoms with E-state index < -0.39 is 5.60 Å². The molecule has 0 unspecified atom stereocenters. The summed E-state index contributed by atoms with van der Waals surface area (Å²) < 4.78 is 10.7. The molecule has 0 fully saturated rings. The van der Waals surface area contributed by atoms with Gasteiger partial charge in [0.25, 0.3) is 0 Å². The van der Waals surface area contributed by atoms with Crippen molar-refractivity contribution in [2.24, 2.45) is 0 Å². The molecule has 2 rings (SSSR count). The van der Waals surface area contributed by atoms with Crippen LogP contribution in [-0.2, 0) is 17.7 Å². The molecule has 0 radical (unpaired) electrons. The molecular weight excluding hydrogens is 258 g/mol. The van der Waals surface area contributed by atoms with Gasteiger partial charge in [0.2, 0.25) is 0 Å². The fourth-order valence-corrected chi connectivity index (χ4v) is 2.28. The summed E-state index contributed by atoms with van der Waals surface area (Å²) in [5.41, 5.74) is 1.44. The van der Waals surface area contributed by atoms with Crippen molar-refractivity contribution >= 4 is 6.09 Å². The third-order valence-electron chi connectivity index (χ3n) is 3.16. The number of fused-ring (bicyclic) bond motifs is 1. The highest BCUT2D eigenvalue weighted by Gasteiger charge is 2.27. The standard InChI is InChI=1S/C15H21NO4/c1-15(2,3)20-14(18)16-6-5-10-7-11(17)8-13(19-4)12(10)9-16/h7-8,17H,5-6,9H2,1-4H3. The topological polar surface area (TPSA) is 59.0 Å². The summed E-state index contributed by atoms with van der Waals surface area (Å²) in [6, 6.07) is 3.29. The van der Waals surface area contributed by atoms with Gasteiger partial charge in [0.05, 0.1) is 13.7 Å². The van der Waals surface area contributed by atoms with Gasteiger partial charge in [-0.15, -0.1) is 0 Å². The van der Waals surface area contributed by atoms with Gasteiger partial charge in [0.1, 0.15) is 17.1 Å². The number of aromatic hydroxyl groups is 1. The van der Waals surface area contributed by atoms with Gasteiger partial charge < -0.3 is 19.5 Å². The van der Waals surface area contributed by atoms with Crippen LogP contribution >= 0.6 is 0 Å². The van der Waals surface area contributed by atoms with Crippen molar-refractivity contribution in [3.05, 3.63) is 23.3 Å². The first kappa shape index (κ1) is 14.5. The van der Waals surface area contributed by atoms with E-state index in [0.29, 0.717) is 25.3 Å². The average molecular weight is 279 g/mol. The fraction of sp³-hybridized carbons (Fsp3) is 0.533. The zero-order valence-electron chi connectivity index (χ0n) is 12.4. The van der Waals surface area contributed by atoms with Gasteiger partial charge in [-0.25, -0.2) is 4.79 Å². The van der Waals surface area contributed by atoms with E-state index in [-0.39, 0.29) is 11.8 Å². The van der Waals surface area contributed by atoms with Gasteiger partial charge in [-0.1, -0.05) is 0 Å². The van der Waals surface area contributed by atoms with Gasteiger partial charge in [0, 0.05) is 18.2 Å². The normalized spacial score (nSPS) is 14.7. The van der Waals surface area contributed by atoms with E-state index >= 15 is 0 Å². The van der Waals surface area contributed by atoms with Crippen LogP contribution in [-0.4, -0.2) is 35.4 Å². The molecule has 0 bridgehead atoms. The molecule has 5 heteroatoms. The molecule has 0 saturated heterocycles. The Labute approximate surface area is 119 Å². The number of ether oxygens (including phenoxy) is 2. The van der Waals surface area contributed by atoms with Crippen molar-refractivity contribution in [2.75, 3.05) is 13.7 Å². The summed E-state index contributed by atoms with van der Waals surface area (Å²) in [6.45, 7) is 6.56. The molecule has 5 nitrogen and oxygen atoms in total. The SMILES string of the molecule is COc1cc(O)cc2c1CN(C(=O)OC(C)(C)C)CC2. The van der Waals surface area contributed by atoms with E-state index in [9.17, 15) is 9.90 Å². The average Bonchev–Trinajstić information content (AvgIpc) is 2.35. The monoisotopic (exact) mass is 279 g/mol. The van der Waals surface area contributed by atoms with Crippen LogP contribution in [0.25, 0.3) is 0 Å². The van der Waals surface area contributed by atoms with Crippen molar-refractivity contribution in [2.45, 2.75) is 39.3 Å². The van der Waals surface area contributed by atoms with Gasteiger partial charge in [-0.2, -0.15) is 0 Å². The molecule has 1 aromatic rings. The number of amides is 1. The number of methoxy groups -OCH3 is 1. The molecule has 0 spiro atoms. The Hall–Kier alpha value is -1.91. The molecule has 0 aliphatic carbocycles. The summed E-state index contributed by atoms with van der Waals surface area (Å²) in [5.74, 6) is 0.791. The molecule has 0 saturated carbocycles. The summed E-state index contributed by atoms with van der Waals surface area (Å²) in [7, 11) is 1.56. The molecule has 1 heterocycles. The molecule has 1 aliphatic rings. The quantitative estimate of drug-likeness (QED) is 0.858. The van der Waals surface area contributed by atoms with Crippen LogP contribution in [0, 0.1) is 0 Å². The number of hydrogen-bond acceptors (Lipinski definition) is 4. The number of benzene rings is 1. The van der Waals surface area contributed by atoms with Crippen LogP contribution in [0.4, 0.5) is 4.79 Å². The van der Waals surface area contributed by atoms with Crippen molar-refractivity contribution in [1.82, 2.24) is 4.90 Å². The number of carbonyl (C=O) groups is 1. The van der Waals surface area contributed by atoms with Gasteiger partial charge in [-0.05, 0) is 38.8 Å². The van der Waals surface area contributed by atoms with Crippen LogP contribution in [0.3, 0.4) is 0 Å². The van der Waals surface area contributed by atoms with Crippen molar-refractivity contribution < 1.29 is 19.4 Å². The largest absolute Gasteiger partial charge is 0.508 e. The second kappa shape index (κ2) is 5.23. The van der Waals surface area contributed by atoms with E-state index in [1.807, 2.05) is 20.8 Å². The minimum Gasteiger partial charge on any atom is -0.508 e. The lowest BCUT2D eigenvalue weighted by atomic mass is 9.98. The first-order chi connectivity index (χ1) is 9.30. The molecule has 1 N–H and O–H groups in total. The third kappa shape index (κ3) is 3.15. The smallest absolute Gasteiger partial charge is 0.410 e. The Morgan fingerprint density at radius 3 is 2.65 bits per heavy atom. The van der Waals surface area contributed by atoms with E-state index in [0.717, 1.165) is 11.1 Å². The molecule has 1 aromatic carbocycles. The van der Waals surface area contributed by atoms with Crippen LogP contribution in [0.15, 0.2) is 12.1 Å². The third-order valence-corrected chi connectivity index (χ3v) is 3.16. The van der Waals surface area contributed by atoms with Crippen molar-refractivity contribution in [1.29, 1.82) is 0 Å². The summed E-state index contributed by atoms with van der Waals surface area (Å²) in [6.07, 6.45) is 0.359. The molecule has 0 atom stereocenters. The van der Waals surface area contributed by atoms with Crippen LogP contribution in [0.1, 0.15) is 31.9 Å². The maximum Gasteiger partial charge on any atom is 0.410 e. The summed E-state index contributed by atoms with van der Waals surface area (Å²) in [4.78, 5) is 13.8. The molecule has 0 aromatic heterocycles. The molecule has 110 valence electrons. The van der Waals surface area contributed by atoms with Crippen molar-refractivity contribution in [3.8, 4) is 11.5 Å². The Balaban J connectivity index is 2.20. The lowest BCUT2D eigenvalue weighted by Crippen LogP contribution is -2.40. The fourth-order valence-electron chi connectivity index (χ4n) is 2.28. The zero-order chi connectivity index (χ0) is 14.9. The van der Waals surface area contributed by atoms with E-state index in [2.05, 4.69) is 0 Å². The number of phenols is 1. The number of hydrogen-bond donors (Lipinski definition) is 1. The second-order valence-corrected chi connectivity index (χ2v) is 5.94. The first-order valence-electron chi connectivity index (χ1n) is 6.67. The maximum atomic E-state index is 12.1. The highest BCUT2D eigenvalue weighted by Crippen LogP contribution is 2.32. The lowest BCUT2D eigenvalue weighted by Gasteiger charge is -2.32. The van der Waals surface area contributed by atoms with Gasteiger partial charge in [-0.3, -0.25) is 0 Å². The minimum atomic E-state index is -0.504. The van der Waals surface area contributed by atoms with E-state index in [1.54, 1.807) is 24.1 Å². The Morgan fingerprint density at radius 1 is 1.35 bits per heavy atom. The van der Waals surface area contributed by atoms with E-state index in [4.69, 9.17) is 9.47 Å². The Morgan fingerprint density at radius 2 is 2.05 bits per heavy atom. The Kier molecular flexibility index (Phi) is 3.79. The Bertz CT molecular complexity index is 502. The molecule has 1 aliphatic heterocycles. The van der Waals surface area contributed by atoms with E-state index in [1.165, 1.54) is 0 Å². The number of rotatable bonds is 1. The first-order valence-corrected chi connectivity index (χ1v) is 6.67. The van der Waals surface area contributed by atoms with Gasteiger partial charge >= 0.3 is 6.09 Å². The summed E-state index contributed by atoms with van der Waals surface area (Å²) in [5, 5.41) is 9.64.